The van der Waals surface area contributed by atoms with Crippen LogP contribution >= 0.6 is 0 Å². The molecule has 0 radical (unpaired) electrons. The van der Waals surface area contributed by atoms with Crippen molar-refractivity contribution in [2.75, 3.05) is 19.8 Å². The maximum absolute atomic E-state index is 11.9. The number of hydrogen-bond acceptors (Lipinski definition) is 6. The van der Waals surface area contributed by atoms with Gasteiger partial charge in [0, 0.05) is 0 Å². The van der Waals surface area contributed by atoms with Crippen molar-refractivity contribution >= 4 is 12.1 Å². The Balaban J connectivity index is 2.05. The van der Waals surface area contributed by atoms with E-state index in [0.717, 1.165) is 0 Å². The van der Waals surface area contributed by atoms with Crippen LogP contribution in [0.25, 0.3) is 0 Å². The molecule has 7 heteroatoms. The predicted octanol–water partition coefficient (Wildman–Crippen LogP) is 0.910. The van der Waals surface area contributed by atoms with Crippen molar-refractivity contribution < 1.29 is 28.5 Å². The number of esters is 1. The van der Waals surface area contributed by atoms with E-state index >= 15 is 0 Å². The lowest BCUT2D eigenvalue weighted by atomic mass is 10.2. The highest BCUT2D eigenvalue weighted by Crippen LogP contribution is 2.39. The van der Waals surface area contributed by atoms with E-state index in [1.54, 1.807) is 27.7 Å². The summed E-state index contributed by atoms with van der Waals surface area (Å²) in [6.45, 7) is 7.89. The molecule has 2 aliphatic rings. The van der Waals surface area contributed by atoms with Crippen molar-refractivity contribution in [3.63, 3.8) is 0 Å². The molecule has 3 atom stereocenters. The van der Waals surface area contributed by atoms with Gasteiger partial charge in [0.1, 0.15) is 6.10 Å². The van der Waals surface area contributed by atoms with E-state index in [0.29, 0.717) is 6.61 Å². The van der Waals surface area contributed by atoms with E-state index in [-0.39, 0.29) is 25.4 Å². The van der Waals surface area contributed by atoms with Gasteiger partial charge in [-0.2, -0.15) is 0 Å². The first-order valence-electron chi connectivity index (χ1n) is 6.84. The molecule has 0 aliphatic carbocycles. The van der Waals surface area contributed by atoms with E-state index < -0.39 is 23.9 Å². The Labute approximate surface area is 118 Å². The minimum Gasteiger partial charge on any atom is -0.464 e. The van der Waals surface area contributed by atoms with Crippen molar-refractivity contribution in [2.24, 2.45) is 0 Å². The molecule has 2 fully saturated rings. The Morgan fingerprint density at radius 1 is 1.25 bits per heavy atom. The third-order valence-corrected chi connectivity index (χ3v) is 3.27. The van der Waals surface area contributed by atoms with Gasteiger partial charge >= 0.3 is 12.1 Å². The third-order valence-electron chi connectivity index (χ3n) is 3.27. The minimum atomic E-state index is -0.702. The SMILES string of the molecule is CCOC(=O)[C@@H]1[C@H]([C@H]2COC(C)(C)O2)N1C(=O)OCC. The number of ether oxygens (including phenoxy) is 4. The van der Waals surface area contributed by atoms with Crippen LogP contribution in [0, 0.1) is 0 Å². The van der Waals surface area contributed by atoms with Crippen LogP contribution in [-0.2, 0) is 23.7 Å². The molecular formula is C13H21NO6. The molecule has 0 aromatic rings. The average Bonchev–Trinajstić information content (AvgIpc) is 3.01. The Morgan fingerprint density at radius 3 is 2.40 bits per heavy atom. The van der Waals surface area contributed by atoms with Gasteiger partial charge in [-0.25, -0.2) is 9.59 Å². The Bertz CT molecular complexity index is 372. The molecule has 2 heterocycles. The molecule has 0 spiro atoms. The monoisotopic (exact) mass is 287 g/mol. The van der Waals surface area contributed by atoms with E-state index in [1.807, 2.05) is 0 Å². The van der Waals surface area contributed by atoms with Crippen LogP contribution in [0.5, 0.6) is 0 Å². The fourth-order valence-electron chi connectivity index (χ4n) is 2.43. The normalized spacial score (nSPS) is 31.0. The van der Waals surface area contributed by atoms with Crippen molar-refractivity contribution in [2.45, 2.75) is 51.7 Å². The average molecular weight is 287 g/mol. The number of carbonyl (C=O) groups excluding carboxylic acids is 2. The van der Waals surface area contributed by atoms with Gasteiger partial charge in [0.05, 0.1) is 25.9 Å². The molecule has 0 aromatic heterocycles. The van der Waals surface area contributed by atoms with Gasteiger partial charge in [0.2, 0.25) is 0 Å². The highest BCUT2D eigenvalue weighted by molar-refractivity contribution is 5.88. The molecule has 2 saturated heterocycles. The molecular weight excluding hydrogens is 266 g/mol. The summed E-state index contributed by atoms with van der Waals surface area (Å²) in [5, 5.41) is 0. The topological polar surface area (TPSA) is 74.1 Å². The number of hydrogen-bond donors (Lipinski definition) is 0. The molecule has 2 rings (SSSR count). The largest absolute Gasteiger partial charge is 0.464 e. The highest BCUT2D eigenvalue weighted by Gasteiger charge is 2.63. The zero-order valence-electron chi connectivity index (χ0n) is 12.3. The second-order valence-electron chi connectivity index (χ2n) is 5.16. The summed E-state index contributed by atoms with van der Waals surface area (Å²) in [6.07, 6.45) is -0.868. The van der Waals surface area contributed by atoms with E-state index in [1.165, 1.54) is 4.90 Å². The third kappa shape index (κ3) is 2.88. The van der Waals surface area contributed by atoms with Crippen LogP contribution in [0.4, 0.5) is 4.79 Å². The second kappa shape index (κ2) is 5.57. The van der Waals surface area contributed by atoms with Crippen LogP contribution in [0.2, 0.25) is 0 Å². The van der Waals surface area contributed by atoms with Crippen molar-refractivity contribution in [1.29, 1.82) is 0 Å². The first-order valence-corrected chi connectivity index (χ1v) is 6.84. The fourth-order valence-corrected chi connectivity index (χ4v) is 2.43. The lowest BCUT2D eigenvalue weighted by molar-refractivity contribution is -0.145. The predicted molar refractivity (Wildman–Crippen MR) is 68.0 cm³/mol. The summed E-state index contributed by atoms with van der Waals surface area (Å²) in [6, 6.07) is -1.02. The van der Waals surface area contributed by atoms with Crippen LogP contribution in [0.15, 0.2) is 0 Å². The first kappa shape index (κ1) is 15.1. The highest BCUT2D eigenvalue weighted by atomic mass is 16.7. The molecule has 1 amide bonds. The molecule has 0 N–H and O–H groups in total. The Morgan fingerprint density at radius 2 is 1.90 bits per heavy atom. The smallest absolute Gasteiger partial charge is 0.411 e. The van der Waals surface area contributed by atoms with Gasteiger partial charge in [0.15, 0.2) is 11.8 Å². The van der Waals surface area contributed by atoms with Crippen LogP contribution in [-0.4, -0.2) is 60.8 Å². The summed E-state index contributed by atoms with van der Waals surface area (Å²) < 4.78 is 21.1. The van der Waals surface area contributed by atoms with Crippen LogP contribution < -0.4 is 0 Å². The van der Waals surface area contributed by atoms with Crippen LogP contribution in [0.1, 0.15) is 27.7 Å². The van der Waals surface area contributed by atoms with E-state index in [2.05, 4.69) is 0 Å². The Kier molecular flexibility index (Phi) is 4.19. The molecule has 20 heavy (non-hydrogen) atoms. The summed E-state index contributed by atoms with van der Waals surface area (Å²) in [7, 11) is 0. The zero-order valence-corrected chi connectivity index (χ0v) is 12.3. The minimum absolute atomic E-state index is 0.255. The summed E-state index contributed by atoms with van der Waals surface area (Å²) in [5.74, 6) is -1.13. The molecule has 114 valence electrons. The fraction of sp³-hybridized carbons (Fsp3) is 0.846. The lowest BCUT2D eigenvalue weighted by Gasteiger charge is -2.16. The van der Waals surface area contributed by atoms with Crippen molar-refractivity contribution in [1.82, 2.24) is 4.90 Å². The molecule has 0 unspecified atom stereocenters. The van der Waals surface area contributed by atoms with Gasteiger partial charge < -0.3 is 18.9 Å². The van der Waals surface area contributed by atoms with E-state index in [4.69, 9.17) is 18.9 Å². The van der Waals surface area contributed by atoms with Gasteiger partial charge in [-0.3, -0.25) is 4.90 Å². The van der Waals surface area contributed by atoms with Gasteiger partial charge in [-0.1, -0.05) is 0 Å². The van der Waals surface area contributed by atoms with Gasteiger partial charge in [-0.15, -0.1) is 0 Å². The quantitative estimate of drug-likeness (QED) is 0.565. The molecule has 0 bridgehead atoms. The van der Waals surface area contributed by atoms with Crippen molar-refractivity contribution in [3.8, 4) is 0 Å². The molecule has 2 aliphatic heterocycles. The van der Waals surface area contributed by atoms with E-state index in [9.17, 15) is 9.59 Å². The number of carbonyl (C=O) groups is 2. The summed E-state index contributed by atoms with van der Waals surface area (Å²) in [5.41, 5.74) is 0. The van der Waals surface area contributed by atoms with Crippen molar-refractivity contribution in [3.05, 3.63) is 0 Å². The Hall–Kier alpha value is -1.34. The summed E-state index contributed by atoms with van der Waals surface area (Å²) in [4.78, 5) is 25.1. The van der Waals surface area contributed by atoms with Gasteiger partial charge in [-0.05, 0) is 27.7 Å². The second-order valence-corrected chi connectivity index (χ2v) is 5.16. The zero-order chi connectivity index (χ0) is 14.9. The van der Waals surface area contributed by atoms with Gasteiger partial charge in [0.25, 0.3) is 0 Å². The molecule has 0 aromatic carbocycles. The first-order chi connectivity index (χ1) is 9.41. The number of rotatable bonds is 4. The number of nitrogens with zero attached hydrogens (tertiary/aromatic N) is 1. The maximum atomic E-state index is 11.9. The number of amides is 1. The molecule has 0 saturated carbocycles. The lowest BCUT2D eigenvalue weighted by Crippen LogP contribution is -2.28. The maximum Gasteiger partial charge on any atom is 0.411 e. The standard InChI is InChI=1S/C13H21NO6/c1-5-17-11(15)10-9(14(10)12(16)18-6-2)8-7-19-13(3,4)20-8/h8-10H,5-7H2,1-4H3/t8-,9+,10+,14?/m1/s1. The molecule has 7 nitrogen and oxygen atoms in total. The van der Waals surface area contributed by atoms with Crippen LogP contribution in [0.3, 0.4) is 0 Å². The summed E-state index contributed by atoms with van der Waals surface area (Å²) >= 11 is 0.